The largest absolute Gasteiger partial charge is 0.456 e. The maximum absolute atomic E-state index is 11.8. The van der Waals surface area contributed by atoms with Gasteiger partial charge in [-0.25, -0.2) is 4.79 Å². The predicted octanol–water partition coefficient (Wildman–Crippen LogP) is 2.84. The van der Waals surface area contributed by atoms with E-state index in [0.29, 0.717) is 43.2 Å². The minimum absolute atomic E-state index is 0.0126. The number of carbonyl (C=O) groups is 3. The van der Waals surface area contributed by atoms with Gasteiger partial charge in [-0.3, -0.25) is 29.6 Å². The number of amides is 4. The number of aromatic amines is 1. The topological polar surface area (TPSA) is 156 Å². The summed E-state index contributed by atoms with van der Waals surface area (Å²) in [5.74, 6) is 1.57. The average Bonchev–Trinajstić information content (AvgIpc) is 3.00. The van der Waals surface area contributed by atoms with E-state index in [1.807, 2.05) is 49.4 Å². The fourth-order valence-corrected chi connectivity index (χ4v) is 2.87. The van der Waals surface area contributed by atoms with Gasteiger partial charge in [-0.1, -0.05) is 41.9 Å². The van der Waals surface area contributed by atoms with Gasteiger partial charge in [0, 0.05) is 44.5 Å². The van der Waals surface area contributed by atoms with Gasteiger partial charge >= 0.3 is 6.03 Å². The number of hydrogen-bond donors (Lipinski definition) is 4. The Morgan fingerprint density at radius 2 is 1.76 bits per heavy atom. The molecule has 0 unspecified atom stereocenters. The molecule has 1 aromatic heterocycles. The van der Waals surface area contributed by atoms with Crippen LogP contribution in [0.3, 0.4) is 0 Å². The van der Waals surface area contributed by atoms with Crippen LogP contribution < -0.4 is 20.9 Å². The van der Waals surface area contributed by atoms with Crippen molar-refractivity contribution in [3.63, 3.8) is 0 Å². The van der Waals surface area contributed by atoms with Crippen LogP contribution >= 0.6 is 11.6 Å². The van der Waals surface area contributed by atoms with Crippen molar-refractivity contribution in [3.8, 4) is 11.5 Å². The van der Waals surface area contributed by atoms with E-state index < -0.39 is 0 Å². The Morgan fingerprint density at radius 3 is 2.24 bits per heavy atom. The Kier molecular flexibility index (Phi) is 17.0. The number of urea groups is 1. The molecule has 13 heteroatoms. The molecule has 0 saturated carbocycles. The third-order valence-corrected chi connectivity index (χ3v) is 5.24. The number of benzene rings is 2. The van der Waals surface area contributed by atoms with Gasteiger partial charge in [0.1, 0.15) is 11.5 Å². The zero-order valence-electron chi connectivity index (χ0n) is 23.1. The molecular formula is C28H35ClN6O6. The van der Waals surface area contributed by atoms with Crippen molar-refractivity contribution in [1.82, 2.24) is 25.4 Å². The number of H-pyrrole nitrogens is 1. The fraction of sp³-hybridized carbons (Fsp3) is 0.250. The molecule has 0 aliphatic rings. The molecule has 41 heavy (non-hydrogen) atoms. The van der Waals surface area contributed by atoms with Gasteiger partial charge < -0.3 is 25.0 Å². The number of guanidine groups is 1. The Labute approximate surface area is 243 Å². The van der Waals surface area contributed by atoms with Crippen molar-refractivity contribution >= 4 is 36.4 Å². The van der Waals surface area contributed by atoms with Crippen LogP contribution in [0.25, 0.3) is 0 Å². The van der Waals surface area contributed by atoms with Crippen LogP contribution in [0.5, 0.6) is 11.5 Å². The van der Waals surface area contributed by atoms with E-state index in [9.17, 15) is 19.2 Å². The molecule has 4 N–H and O–H groups in total. The van der Waals surface area contributed by atoms with Gasteiger partial charge in [-0.15, -0.1) is 0 Å². The average molecular weight is 587 g/mol. The summed E-state index contributed by atoms with van der Waals surface area (Å²) >= 11 is 5.82. The Morgan fingerprint density at radius 1 is 1.07 bits per heavy atom. The number of aliphatic hydroxyl groups excluding tert-OH is 1. The van der Waals surface area contributed by atoms with Crippen molar-refractivity contribution in [1.29, 1.82) is 0 Å². The van der Waals surface area contributed by atoms with Crippen LogP contribution in [0, 0.1) is 0 Å². The normalized spacial score (nSPS) is 10.0. The summed E-state index contributed by atoms with van der Waals surface area (Å²) in [6.07, 6.45) is 2.72. The number of nitrogens with zero attached hydrogens (tertiary/aromatic N) is 3. The maximum Gasteiger partial charge on any atom is 0.323 e. The van der Waals surface area contributed by atoms with Gasteiger partial charge in [-0.2, -0.15) is 0 Å². The van der Waals surface area contributed by atoms with Gasteiger partial charge in [0.05, 0.1) is 13.2 Å². The number of para-hydroxylation sites is 1. The van der Waals surface area contributed by atoms with Crippen molar-refractivity contribution in [3.05, 3.63) is 93.9 Å². The number of rotatable bonds is 9. The number of hydrogen-bond acceptors (Lipinski definition) is 7. The molecule has 0 aliphatic carbocycles. The monoisotopic (exact) mass is 586 g/mol. The van der Waals surface area contributed by atoms with E-state index in [2.05, 4.69) is 20.6 Å². The highest BCUT2D eigenvalue weighted by atomic mass is 35.5. The molecule has 0 bridgehead atoms. The standard InChI is InChI=1S/C14H19ClN4O2.C11H9NO2.C3H7NO2/c1-4-18(3)14(21)17-13(16-2)19(10-20)9-11-5-7-12(15)8-6-11;13-11-7-6-10(8-12-11)14-9-4-2-1-3-5-9;5-2-1-4-3-6/h5-8,10H,4,9H2,1-3H3,(H,16,17,21);1-8H,(H,12,13);3,5H,1-2H2,(H,4,6). The molecule has 3 rings (SSSR count). The number of carbonyl (C=O) groups excluding carboxylic acids is 3. The number of aromatic nitrogens is 1. The molecule has 1 heterocycles. The van der Waals surface area contributed by atoms with Crippen LogP contribution in [-0.4, -0.2) is 78.5 Å². The molecule has 0 fully saturated rings. The molecule has 12 nitrogen and oxygen atoms in total. The number of nitrogens with one attached hydrogen (secondary N) is 3. The summed E-state index contributed by atoms with van der Waals surface area (Å²) in [6.45, 7) is 3.07. The minimum Gasteiger partial charge on any atom is -0.456 e. The molecule has 0 radical (unpaired) electrons. The van der Waals surface area contributed by atoms with E-state index in [-0.39, 0.29) is 24.2 Å². The first-order valence-electron chi connectivity index (χ1n) is 12.4. The van der Waals surface area contributed by atoms with E-state index >= 15 is 0 Å². The molecule has 3 aromatic rings. The first-order chi connectivity index (χ1) is 19.8. The highest BCUT2D eigenvalue weighted by Crippen LogP contribution is 2.18. The van der Waals surface area contributed by atoms with E-state index in [1.165, 1.54) is 29.1 Å². The number of pyridine rings is 1. The second-order valence-electron chi connectivity index (χ2n) is 7.95. The predicted molar refractivity (Wildman–Crippen MR) is 158 cm³/mol. The SMILES string of the molecule is CCN(C)C(=O)NC(=NC)N(C=O)Cc1ccc(Cl)cc1.O=CNCCO.O=c1ccc(Oc2ccccc2)c[nH]1. The zero-order chi connectivity index (χ0) is 30.5. The molecule has 2 aromatic carbocycles. The highest BCUT2D eigenvalue weighted by molar-refractivity contribution is 6.30. The van der Waals surface area contributed by atoms with E-state index in [0.717, 1.165) is 11.3 Å². The summed E-state index contributed by atoms with van der Waals surface area (Å²) in [5.41, 5.74) is 0.746. The van der Waals surface area contributed by atoms with Crippen LogP contribution in [0.1, 0.15) is 12.5 Å². The Hall–Kier alpha value is -4.68. The number of aliphatic imine (C=N–C) groups is 1. The van der Waals surface area contributed by atoms with Crippen molar-refractivity contribution in [2.45, 2.75) is 13.5 Å². The molecule has 220 valence electrons. The minimum atomic E-state index is -0.318. The summed E-state index contributed by atoms with van der Waals surface area (Å²) in [4.78, 5) is 52.5. The quantitative estimate of drug-likeness (QED) is 0.131. The molecule has 0 aliphatic heterocycles. The lowest BCUT2D eigenvalue weighted by Crippen LogP contribution is -2.47. The van der Waals surface area contributed by atoms with E-state index in [4.69, 9.17) is 21.4 Å². The van der Waals surface area contributed by atoms with Crippen LogP contribution in [0.15, 0.2) is 82.7 Å². The van der Waals surface area contributed by atoms with Crippen molar-refractivity contribution < 1.29 is 24.2 Å². The second-order valence-corrected chi connectivity index (χ2v) is 8.39. The van der Waals surface area contributed by atoms with Crippen molar-refractivity contribution in [2.75, 3.05) is 33.8 Å². The first-order valence-corrected chi connectivity index (χ1v) is 12.8. The molecular weight excluding hydrogens is 552 g/mol. The van der Waals surface area contributed by atoms with Crippen molar-refractivity contribution in [2.24, 2.45) is 4.99 Å². The van der Waals surface area contributed by atoms with Gasteiger partial charge in [0.15, 0.2) is 0 Å². The van der Waals surface area contributed by atoms with Crippen LogP contribution in [-0.2, 0) is 16.1 Å². The number of ether oxygens (including phenoxy) is 1. The smallest absolute Gasteiger partial charge is 0.323 e. The third-order valence-electron chi connectivity index (χ3n) is 4.99. The van der Waals surface area contributed by atoms with Gasteiger partial charge in [-0.05, 0) is 42.8 Å². The molecule has 4 amide bonds. The zero-order valence-corrected chi connectivity index (χ0v) is 23.9. The lowest BCUT2D eigenvalue weighted by atomic mass is 10.2. The first kappa shape index (κ1) is 34.3. The summed E-state index contributed by atoms with van der Waals surface area (Å²) < 4.78 is 5.46. The fourth-order valence-electron chi connectivity index (χ4n) is 2.75. The molecule has 0 saturated heterocycles. The summed E-state index contributed by atoms with van der Waals surface area (Å²) in [5, 5.41) is 13.5. The summed E-state index contributed by atoms with van der Waals surface area (Å²) in [6, 6.07) is 19.2. The van der Waals surface area contributed by atoms with Crippen LogP contribution in [0.2, 0.25) is 5.02 Å². The Bertz CT molecular complexity index is 1250. The molecule has 0 atom stereocenters. The van der Waals surface area contributed by atoms with E-state index in [1.54, 1.807) is 25.2 Å². The van der Waals surface area contributed by atoms with Gasteiger partial charge in [0.2, 0.25) is 24.3 Å². The lowest BCUT2D eigenvalue weighted by molar-refractivity contribution is -0.115. The molecule has 0 spiro atoms. The highest BCUT2D eigenvalue weighted by Gasteiger charge is 2.15. The number of halogens is 1. The van der Waals surface area contributed by atoms with Crippen LogP contribution in [0.4, 0.5) is 4.79 Å². The lowest BCUT2D eigenvalue weighted by Gasteiger charge is -2.22. The summed E-state index contributed by atoms with van der Waals surface area (Å²) in [7, 11) is 3.17. The third kappa shape index (κ3) is 14.3. The van der Waals surface area contributed by atoms with Gasteiger partial charge in [0.25, 0.3) is 0 Å². The number of aliphatic hydroxyl groups is 1. The maximum atomic E-state index is 11.8. The Balaban J connectivity index is 0.000000358. The second kappa shape index (κ2) is 20.3.